The summed E-state index contributed by atoms with van der Waals surface area (Å²) in [7, 11) is 0. The third-order valence-electron chi connectivity index (χ3n) is 13.9. The number of piperazine rings is 1. The molecule has 0 aromatic heterocycles. The number of amides is 4. The zero-order valence-corrected chi connectivity index (χ0v) is 32.5. The van der Waals surface area contributed by atoms with Gasteiger partial charge in [0.2, 0.25) is 11.8 Å². The Morgan fingerprint density at radius 3 is 2.14 bits per heavy atom. The van der Waals surface area contributed by atoms with Crippen LogP contribution in [0.1, 0.15) is 99.8 Å². The van der Waals surface area contributed by atoms with Crippen LogP contribution in [-0.4, -0.2) is 89.4 Å². The fourth-order valence-electron chi connectivity index (χ4n) is 11.1. The maximum absolute atomic E-state index is 15.9. The van der Waals surface area contributed by atoms with Crippen molar-refractivity contribution in [1.29, 1.82) is 0 Å². The van der Waals surface area contributed by atoms with Crippen LogP contribution in [-0.2, 0) is 16.0 Å². The molecule has 2 bridgehead atoms. The molecule has 11 heteroatoms. The highest BCUT2D eigenvalue weighted by molar-refractivity contribution is 6.23. The quantitative estimate of drug-likeness (QED) is 0.209. The number of phenolic OH excluding ortho intramolecular Hbond substituents is 1. The van der Waals surface area contributed by atoms with Crippen LogP contribution in [0.25, 0.3) is 0 Å². The molecule has 10 nitrogen and oxygen atoms in total. The normalized spacial score (nSPS) is 26.2. The van der Waals surface area contributed by atoms with Crippen LogP contribution < -0.4 is 15.1 Å². The molecule has 58 heavy (non-hydrogen) atoms. The van der Waals surface area contributed by atoms with E-state index >= 15 is 4.39 Å². The number of fused-ring (bicyclic) bond motifs is 4. The highest BCUT2D eigenvalue weighted by Gasteiger charge is 2.47. The summed E-state index contributed by atoms with van der Waals surface area (Å²) in [5.74, 6) is -1.45. The average Bonchev–Trinajstić information content (AvgIpc) is 3.63. The smallest absolute Gasteiger partial charge is 0.262 e. The van der Waals surface area contributed by atoms with E-state index in [0.29, 0.717) is 23.3 Å². The summed E-state index contributed by atoms with van der Waals surface area (Å²) in [6, 6.07) is 27.7. The van der Waals surface area contributed by atoms with Crippen LogP contribution in [0.2, 0.25) is 0 Å². The number of hydrogen-bond donors (Lipinski definition) is 2. The van der Waals surface area contributed by atoms with E-state index in [2.05, 4.69) is 80.7 Å². The lowest BCUT2D eigenvalue weighted by molar-refractivity contribution is -0.136. The molecule has 0 saturated carbocycles. The average molecular weight is 782 g/mol. The van der Waals surface area contributed by atoms with Crippen LogP contribution in [0.4, 0.5) is 15.8 Å². The number of nitrogens with one attached hydrogen (secondary N) is 1. The Kier molecular flexibility index (Phi) is 9.31. The molecule has 0 radical (unpaired) electrons. The number of phenols is 1. The van der Waals surface area contributed by atoms with Crippen LogP contribution >= 0.6 is 0 Å². The molecule has 6 aliphatic rings. The maximum atomic E-state index is 15.9. The number of likely N-dealkylation sites (tertiary alicyclic amines) is 1. The fourth-order valence-corrected chi connectivity index (χ4v) is 11.1. The SMILES string of the molecule is O=C1CCC(N2C(=O)c3cc(F)c(N4C5CCC4CN(CC4CCN(c6ccc([C@@H]7c8ccc(O)cc8CC[C@@H]7c7ccccc7)cc6)CC4)C5)cc3C2=O)C(=O)N1. The number of anilines is 2. The van der Waals surface area contributed by atoms with Crippen molar-refractivity contribution in [2.45, 2.75) is 81.3 Å². The standard InChI is InChI=1S/C47H48FN5O5/c48-40-23-38-39(47(58)53(46(38)57)41-16-17-43(55)49-45(41)56)24-42(40)52-33-11-12-34(52)27-50(26-33)25-28-18-20-51(21-19-28)32-9-6-30(7-10-32)44-36(29-4-2-1-3-5-29)14-8-31-22-35(54)13-15-37(31)44/h1-7,9-10,13,15,22-24,28,33-34,36,41,44,54H,8,11-12,14,16-21,25-27H2,(H,49,55,56)/t33?,34?,36-,41?,44+/m1/s1. The fraction of sp³-hybridized carbons (Fsp3) is 0.404. The predicted molar refractivity (Wildman–Crippen MR) is 218 cm³/mol. The van der Waals surface area contributed by atoms with Gasteiger partial charge in [0.25, 0.3) is 11.8 Å². The van der Waals surface area contributed by atoms with Crippen LogP contribution in [0, 0.1) is 11.7 Å². The first-order valence-corrected chi connectivity index (χ1v) is 21.0. The van der Waals surface area contributed by atoms with E-state index in [1.807, 2.05) is 12.1 Å². The predicted octanol–water partition coefficient (Wildman–Crippen LogP) is 6.36. The summed E-state index contributed by atoms with van der Waals surface area (Å²) >= 11 is 0. The lowest BCUT2D eigenvalue weighted by atomic mass is 9.69. The van der Waals surface area contributed by atoms with E-state index in [4.69, 9.17) is 0 Å². The van der Waals surface area contributed by atoms with Crippen molar-refractivity contribution < 1.29 is 28.7 Å². The number of aryl methyl sites for hydroxylation is 1. The maximum Gasteiger partial charge on any atom is 0.262 e. The molecule has 5 atom stereocenters. The molecular formula is C47H48FN5O5. The van der Waals surface area contributed by atoms with Crippen molar-refractivity contribution in [3.8, 4) is 5.75 Å². The zero-order valence-electron chi connectivity index (χ0n) is 32.5. The van der Waals surface area contributed by atoms with Crippen molar-refractivity contribution >= 4 is 35.0 Å². The van der Waals surface area contributed by atoms with Crippen molar-refractivity contribution in [1.82, 2.24) is 15.1 Å². The Hall–Kier alpha value is -5.55. The number of piperidine rings is 2. The van der Waals surface area contributed by atoms with Gasteiger partial charge in [-0.2, -0.15) is 0 Å². The molecule has 298 valence electrons. The molecule has 10 rings (SSSR count). The van der Waals surface area contributed by atoms with Gasteiger partial charge in [-0.1, -0.05) is 48.5 Å². The van der Waals surface area contributed by atoms with Crippen molar-refractivity contribution in [3.63, 3.8) is 0 Å². The van der Waals surface area contributed by atoms with Crippen LogP contribution in [0.5, 0.6) is 5.75 Å². The van der Waals surface area contributed by atoms with Gasteiger partial charge in [-0.05, 0) is 115 Å². The van der Waals surface area contributed by atoms with Gasteiger partial charge in [-0.15, -0.1) is 0 Å². The first-order valence-electron chi connectivity index (χ1n) is 21.0. The number of halogens is 1. The van der Waals surface area contributed by atoms with Crippen LogP contribution in [0.3, 0.4) is 0 Å². The van der Waals surface area contributed by atoms with Gasteiger partial charge in [-0.3, -0.25) is 34.3 Å². The molecule has 4 amide bonds. The molecule has 2 N–H and O–H groups in total. The summed E-state index contributed by atoms with van der Waals surface area (Å²) in [6.45, 7) is 4.64. The third-order valence-corrected chi connectivity index (χ3v) is 13.9. The largest absolute Gasteiger partial charge is 0.508 e. The molecule has 0 spiro atoms. The Morgan fingerprint density at radius 1 is 0.724 bits per heavy atom. The Morgan fingerprint density at radius 2 is 1.43 bits per heavy atom. The van der Waals surface area contributed by atoms with Gasteiger partial charge >= 0.3 is 0 Å². The topological polar surface area (TPSA) is 114 Å². The number of nitrogens with zero attached hydrogens (tertiary/aromatic N) is 4. The van der Waals surface area contributed by atoms with E-state index in [1.165, 1.54) is 34.0 Å². The molecule has 1 aliphatic carbocycles. The van der Waals surface area contributed by atoms with Gasteiger partial charge in [0.05, 0.1) is 16.8 Å². The molecule has 5 aliphatic heterocycles. The van der Waals surface area contributed by atoms with Crippen molar-refractivity contribution in [2.75, 3.05) is 42.5 Å². The number of carbonyl (C=O) groups is 4. The van der Waals surface area contributed by atoms with Crippen molar-refractivity contribution in [3.05, 3.63) is 124 Å². The number of benzene rings is 4. The summed E-state index contributed by atoms with van der Waals surface area (Å²) in [4.78, 5) is 59.1. The van der Waals surface area contributed by atoms with Crippen LogP contribution in [0.15, 0.2) is 84.9 Å². The second-order valence-corrected chi connectivity index (χ2v) is 17.2. The lowest BCUT2D eigenvalue weighted by Gasteiger charge is -2.44. The van der Waals surface area contributed by atoms with Gasteiger partial charge in [0, 0.05) is 62.8 Å². The zero-order chi connectivity index (χ0) is 39.7. The molecule has 5 heterocycles. The second-order valence-electron chi connectivity index (χ2n) is 17.2. The highest BCUT2D eigenvalue weighted by atomic mass is 19.1. The second kappa shape index (κ2) is 14.7. The minimum atomic E-state index is -1.08. The van der Waals surface area contributed by atoms with Gasteiger partial charge < -0.3 is 14.9 Å². The van der Waals surface area contributed by atoms with Gasteiger partial charge in [0.15, 0.2) is 0 Å². The number of carbonyl (C=O) groups excluding carboxylic acids is 4. The molecule has 4 saturated heterocycles. The summed E-state index contributed by atoms with van der Waals surface area (Å²) in [5, 5.41) is 12.5. The monoisotopic (exact) mass is 781 g/mol. The Bertz CT molecular complexity index is 2280. The molecule has 4 fully saturated rings. The molecule has 3 unspecified atom stereocenters. The minimum absolute atomic E-state index is 0.0298. The lowest BCUT2D eigenvalue weighted by Crippen LogP contribution is -2.55. The number of hydrogen-bond acceptors (Lipinski definition) is 8. The van der Waals surface area contributed by atoms with Crippen molar-refractivity contribution in [2.24, 2.45) is 5.92 Å². The van der Waals surface area contributed by atoms with E-state index in [9.17, 15) is 24.3 Å². The van der Waals surface area contributed by atoms with E-state index in [-0.39, 0.29) is 42.0 Å². The summed E-state index contributed by atoms with van der Waals surface area (Å²) in [5.41, 5.74) is 6.90. The van der Waals surface area contributed by atoms with Gasteiger partial charge in [0.1, 0.15) is 17.6 Å². The third kappa shape index (κ3) is 6.44. The Balaban J connectivity index is 0.776. The molecular weight excluding hydrogens is 734 g/mol. The van der Waals surface area contributed by atoms with Gasteiger partial charge in [-0.25, -0.2) is 4.39 Å². The molecule has 4 aromatic carbocycles. The highest BCUT2D eigenvalue weighted by Crippen LogP contribution is 2.47. The van der Waals surface area contributed by atoms with E-state index < -0.39 is 35.5 Å². The van der Waals surface area contributed by atoms with E-state index in [0.717, 1.165) is 82.2 Å². The minimum Gasteiger partial charge on any atom is -0.508 e. The Labute approximate surface area is 337 Å². The first kappa shape index (κ1) is 36.8. The summed E-state index contributed by atoms with van der Waals surface area (Å²) < 4.78 is 15.9. The first-order chi connectivity index (χ1) is 28.2. The number of aromatic hydroxyl groups is 1. The summed E-state index contributed by atoms with van der Waals surface area (Å²) in [6.07, 6.45) is 6.16. The number of imide groups is 2. The number of rotatable bonds is 7. The van der Waals surface area contributed by atoms with E-state index in [1.54, 1.807) is 0 Å². The molecule has 4 aromatic rings.